The molecule has 1 N–H and O–H groups in total. The average molecular weight is 252 g/mol. The van der Waals surface area contributed by atoms with Crippen molar-refractivity contribution < 1.29 is 9.90 Å². The van der Waals surface area contributed by atoms with Crippen molar-refractivity contribution in [3.8, 4) is 0 Å². The molecule has 16 heavy (non-hydrogen) atoms. The number of unbranched alkanes of at least 4 members (excludes halogenated alkanes) is 1. The summed E-state index contributed by atoms with van der Waals surface area (Å²) in [4.78, 5) is 12.2. The van der Waals surface area contributed by atoms with E-state index in [1.807, 2.05) is 6.92 Å². The van der Waals surface area contributed by atoms with E-state index in [4.69, 9.17) is 5.11 Å². The molecule has 0 saturated heterocycles. The number of hydrogen-bond donors (Lipinski definition) is 1. The molecule has 3 nitrogen and oxygen atoms in total. The van der Waals surface area contributed by atoms with Gasteiger partial charge in [-0.15, -0.1) is 12.4 Å². The summed E-state index contributed by atoms with van der Waals surface area (Å²) in [7, 11) is 0. The van der Waals surface area contributed by atoms with Crippen molar-refractivity contribution in [2.45, 2.75) is 40.5 Å². The van der Waals surface area contributed by atoms with Crippen LogP contribution in [0.15, 0.2) is 12.2 Å². The van der Waals surface area contributed by atoms with Crippen molar-refractivity contribution in [3.63, 3.8) is 0 Å². The summed E-state index contributed by atoms with van der Waals surface area (Å²) in [6.45, 7) is 12.1. The molecule has 0 heterocycles. The molecule has 0 radical (unpaired) electrons. The third-order valence-corrected chi connectivity index (χ3v) is 2.06. The zero-order valence-corrected chi connectivity index (χ0v) is 11.7. The normalized spacial score (nSPS) is 9.56. The Morgan fingerprint density at radius 2 is 1.56 bits per heavy atom. The fourth-order valence-electron chi connectivity index (χ4n) is 1.02. The molecular formula is C12H26ClNO2. The largest absolute Gasteiger partial charge is 0.478 e. The minimum absolute atomic E-state index is 0. The molecule has 0 saturated carbocycles. The molecule has 0 atom stereocenters. The van der Waals surface area contributed by atoms with Crippen LogP contribution in [0.2, 0.25) is 0 Å². The minimum atomic E-state index is -0.863. The molecule has 0 aromatic carbocycles. The van der Waals surface area contributed by atoms with Gasteiger partial charge in [0.25, 0.3) is 0 Å². The number of halogens is 1. The Hall–Kier alpha value is -0.540. The van der Waals surface area contributed by atoms with Gasteiger partial charge in [-0.05, 0) is 26.1 Å². The van der Waals surface area contributed by atoms with E-state index < -0.39 is 5.97 Å². The van der Waals surface area contributed by atoms with Gasteiger partial charge in [0.1, 0.15) is 0 Å². The molecule has 0 rings (SSSR count). The van der Waals surface area contributed by atoms with Gasteiger partial charge in [-0.1, -0.05) is 40.2 Å². The first-order chi connectivity index (χ1) is 7.12. The number of nitrogens with zero attached hydrogens (tertiary/aromatic N) is 1. The van der Waals surface area contributed by atoms with Crippen LogP contribution in [0.25, 0.3) is 0 Å². The van der Waals surface area contributed by atoms with E-state index in [2.05, 4.69) is 25.7 Å². The number of aliphatic carboxylic acids is 1. The molecule has 0 aliphatic rings. The van der Waals surface area contributed by atoms with Gasteiger partial charge in [0, 0.05) is 6.08 Å². The zero-order valence-electron chi connectivity index (χ0n) is 10.9. The second kappa shape index (κ2) is 16.9. The Morgan fingerprint density at radius 3 is 1.75 bits per heavy atom. The number of hydrogen-bond acceptors (Lipinski definition) is 2. The van der Waals surface area contributed by atoms with Gasteiger partial charge in [0.05, 0.1) is 0 Å². The highest BCUT2D eigenvalue weighted by atomic mass is 35.5. The number of carboxylic acids is 1. The molecule has 0 spiro atoms. The van der Waals surface area contributed by atoms with Crippen LogP contribution in [-0.4, -0.2) is 35.6 Å². The Labute approximate surface area is 106 Å². The van der Waals surface area contributed by atoms with Gasteiger partial charge in [-0.25, -0.2) is 4.79 Å². The molecule has 98 valence electrons. The van der Waals surface area contributed by atoms with Crippen molar-refractivity contribution in [2.75, 3.05) is 19.6 Å². The van der Waals surface area contributed by atoms with Gasteiger partial charge in [-0.2, -0.15) is 0 Å². The molecule has 0 aromatic heterocycles. The molecular weight excluding hydrogens is 226 g/mol. The van der Waals surface area contributed by atoms with Gasteiger partial charge in [0.15, 0.2) is 0 Å². The smallest absolute Gasteiger partial charge is 0.327 e. The predicted molar refractivity (Wildman–Crippen MR) is 72.4 cm³/mol. The van der Waals surface area contributed by atoms with Crippen molar-refractivity contribution in [1.29, 1.82) is 0 Å². The summed E-state index contributed by atoms with van der Waals surface area (Å²) in [5, 5.41) is 8.05. The number of allylic oxidation sites excluding steroid dienone is 1. The van der Waals surface area contributed by atoms with Crippen LogP contribution in [0.1, 0.15) is 40.5 Å². The maximum absolute atomic E-state index is 9.79. The fourth-order valence-corrected chi connectivity index (χ4v) is 1.02. The van der Waals surface area contributed by atoms with Crippen LogP contribution in [-0.2, 0) is 4.79 Å². The lowest BCUT2D eigenvalue weighted by molar-refractivity contribution is -0.131. The van der Waals surface area contributed by atoms with E-state index in [0.717, 1.165) is 12.8 Å². The monoisotopic (exact) mass is 251 g/mol. The van der Waals surface area contributed by atoms with E-state index in [-0.39, 0.29) is 12.4 Å². The molecule has 0 amide bonds. The van der Waals surface area contributed by atoms with Crippen molar-refractivity contribution >= 4 is 18.4 Å². The molecule has 0 aromatic rings. The first kappa shape index (κ1) is 20.8. The number of rotatable bonds is 6. The van der Waals surface area contributed by atoms with Crippen LogP contribution in [0.5, 0.6) is 0 Å². The minimum Gasteiger partial charge on any atom is -0.478 e. The lowest BCUT2D eigenvalue weighted by Gasteiger charge is -2.13. The van der Waals surface area contributed by atoms with Gasteiger partial charge in [-0.3, -0.25) is 0 Å². The Morgan fingerprint density at radius 1 is 1.12 bits per heavy atom. The van der Waals surface area contributed by atoms with E-state index in [1.165, 1.54) is 25.7 Å². The van der Waals surface area contributed by atoms with Gasteiger partial charge in [0.2, 0.25) is 0 Å². The van der Waals surface area contributed by atoms with Crippen LogP contribution in [0.4, 0.5) is 0 Å². The standard InChI is InChI=1S/C6H15N.C6H10O2.ClH/c1-4-7(5-2)6-3;1-2-3-4-5-6(7)8;/h4-6H2,1-3H3;4-5H,2-3H2,1H3,(H,7,8);1H. The maximum atomic E-state index is 9.79. The first-order valence-corrected chi connectivity index (χ1v) is 5.74. The molecule has 0 fully saturated rings. The number of carboxylic acid groups (broad SMARTS) is 1. The first-order valence-electron chi connectivity index (χ1n) is 5.74. The second-order valence-corrected chi connectivity index (χ2v) is 3.15. The summed E-state index contributed by atoms with van der Waals surface area (Å²) in [5.41, 5.74) is 0. The highest BCUT2D eigenvalue weighted by Gasteiger charge is 1.89. The molecule has 4 heteroatoms. The quantitative estimate of drug-likeness (QED) is 0.737. The summed E-state index contributed by atoms with van der Waals surface area (Å²) in [6.07, 6.45) is 4.68. The summed E-state index contributed by atoms with van der Waals surface area (Å²) in [6, 6.07) is 0. The zero-order chi connectivity index (χ0) is 12.1. The summed E-state index contributed by atoms with van der Waals surface area (Å²) in [5.74, 6) is -0.863. The van der Waals surface area contributed by atoms with E-state index in [9.17, 15) is 4.79 Å². The van der Waals surface area contributed by atoms with Crippen molar-refractivity contribution in [2.24, 2.45) is 0 Å². The van der Waals surface area contributed by atoms with E-state index >= 15 is 0 Å². The lowest BCUT2D eigenvalue weighted by Crippen LogP contribution is -2.21. The highest BCUT2D eigenvalue weighted by molar-refractivity contribution is 5.85. The second-order valence-electron chi connectivity index (χ2n) is 3.15. The summed E-state index contributed by atoms with van der Waals surface area (Å²) >= 11 is 0. The van der Waals surface area contributed by atoms with Crippen LogP contribution in [0.3, 0.4) is 0 Å². The van der Waals surface area contributed by atoms with Crippen molar-refractivity contribution in [3.05, 3.63) is 12.2 Å². The highest BCUT2D eigenvalue weighted by Crippen LogP contribution is 1.86. The molecule has 0 bridgehead atoms. The third kappa shape index (κ3) is 19.1. The topological polar surface area (TPSA) is 40.5 Å². The van der Waals surface area contributed by atoms with Crippen LogP contribution in [0, 0.1) is 0 Å². The predicted octanol–water partition coefficient (Wildman–Crippen LogP) is 3.20. The lowest BCUT2D eigenvalue weighted by atomic mass is 10.3. The van der Waals surface area contributed by atoms with Gasteiger partial charge >= 0.3 is 5.97 Å². The fraction of sp³-hybridized carbons (Fsp3) is 0.750. The van der Waals surface area contributed by atoms with Gasteiger partial charge < -0.3 is 10.0 Å². The Kier molecular flexibility index (Phi) is 22.0. The average Bonchev–Trinajstić information content (AvgIpc) is 2.21. The molecule has 0 aliphatic carbocycles. The van der Waals surface area contributed by atoms with Crippen molar-refractivity contribution in [1.82, 2.24) is 4.90 Å². The number of carbonyl (C=O) groups is 1. The molecule has 0 unspecified atom stereocenters. The SMILES string of the molecule is CCCC=CC(=O)O.CCN(CC)CC.Cl. The van der Waals surface area contributed by atoms with E-state index in [0.29, 0.717) is 0 Å². The molecule has 0 aliphatic heterocycles. The maximum Gasteiger partial charge on any atom is 0.327 e. The Balaban J connectivity index is -0.000000200. The Bertz CT molecular complexity index is 163. The van der Waals surface area contributed by atoms with Crippen LogP contribution < -0.4 is 0 Å². The van der Waals surface area contributed by atoms with E-state index in [1.54, 1.807) is 6.08 Å². The third-order valence-electron chi connectivity index (χ3n) is 2.06. The summed E-state index contributed by atoms with van der Waals surface area (Å²) < 4.78 is 0. The van der Waals surface area contributed by atoms with Crippen LogP contribution >= 0.6 is 12.4 Å².